The second kappa shape index (κ2) is 17.1. The number of nitrogens with zero attached hydrogens (tertiary/aromatic N) is 1. The van der Waals surface area contributed by atoms with Crippen LogP contribution in [0.15, 0.2) is 78.9 Å². The highest BCUT2D eigenvalue weighted by Crippen LogP contribution is 2.42. The Labute approximate surface area is 268 Å². The third-order valence-electron chi connectivity index (χ3n) is 8.70. The molecule has 8 heteroatoms. The van der Waals surface area contributed by atoms with E-state index in [1.54, 1.807) is 26.2 Å². The fourth-order valence-corrected chi connectivity index (χ4v) is 6.18. The first-order valence-electron chi connectivity index (χ1n) is 15.9. The highest BCUT2D eigenvalue weighted by Gasteiger charge is 2.40. The molecule has 1 N–H and O–H groups in total. The number of Topliss-reactive ketones (excluding diaryl/α,β-unsaturated/α-hetero) is 1. The van der Waals surface area contributed by atoms with Crippen LogP contribution in [0.2, 0.25) is 0 Å². The lowest BCUT2D eigenvalue weighted by Crippen LogP contribution is -2.41. The third-order valence-corrected chi connectivity index (χ3v) is 8.70. The molecule has 0 saturated carbocycles. The number of benzene rings is 3. The van der Waals surface area contributed by atoms with Crippen molar-refractivity contribution in [1.29, 1.82) is 0 Å². The molecule has 0 aliphatic carbocycles. The SMILES string of the molecule is CNC1CC(C(=O)CCCOC(c2ccccc2)(c2ccc(OC)cc2)c2ccc(OC)cc2)N(C(=O)CCCCCOC)C1. The predicted octanol–water partition coefficient (Wildman–Crippen LogP) is 5.76. The minimum Gasteiger partial charge on any atom is -0.497 e. The maximum atomic E-state index is 13.6. The maximum Gasteiger partial charge on any atom is 0.223 e. The van der Waals surface area contributed by atoms with Crippen LogP contribution >= 0.6 is 0 Å². The Balaban J connectivity index is 1.51. The van der Waals surface area contributed by atoms with Gasteiger partial charge in [-0.15, -0.1) is 0 Å². The van der Waals surface area contributed by atoms with Crippen molar-refractivity contribution in [2.75, 3.05) is 48.1 Å². The summed E-state index contributed by atoms with van der Waals surface area (Å²) in [5, 5.41) is 3.27. The Morgan fingerprint density at radius 3 is 1.91 bits per heavy atom. The zero-order valence-electron chi connectivity index (χ0n) is 27.1. The number of carbonyl (C=O) groups excluding carboxylic acids is 2. The first-order chi connectivity index (χ1) is 22.0. The minimum absolute atomic E-state index is 0.0573. The lowest BCUT2D eigenvalue weighted by Gasteiger charge is -2.36. The van der Waals surface area contributed by atoms with Gasteiger partial charge in [0.25, 0.3) is 0 Å². The standard InChI is InChI=1S/C37H48N2O6/c1-38-31-26-34(39(27-31)36(41)15-9-6-10-24-42-2)35(40)14-11-25-45-37(28-12-7-5-8-13-28,29-16-20-32(43-3)21-17-29)30-18-22-33(44-4)23-19-30/h5,7-8,12-13,16-23,31,34,38H,6,9-11,14-15,24-27H2,1-4H3. The third kappa shape index (κ3) is 8.51. The molecular weight excluding hydrogens is 568 g/mol. The molecule has 3 aromatic rings. The van der Waals surface area contributed by atoms with Gasteiger partial charge in [0.1, 0.15) is 17.1 Å². The van der Waals surface area contributed by atoms with Gasteiger partial charge in [0.15, 0.2) is 5.78 Å². The fourth-order valence-electron chi connectivity index (χ4n) is 6.18. The van der Waals surface area contributed by atoms with Gasteiger partial charge in [0.2, 0.25) is 5.91 Å². The average Bonchev–Trinajstić information content (AvgIpc) is 3.54. The van der Waals surface area contributed by atoms with Crippen LogP contribution in [0.3, 0.4) is 0 Å². The van der Waals surface area contributed by atoms with E-state index in [0.29, 0.717) is 45.4 Å². The zero-order chi connectivity index (χ0) is 32.1. The number of hydrogen-bond acceptors (Lipinski definition) is 7. The molecular formula is C37H48N2O6. The second-order valence-electron chi connectivity index (χ2n) is 11.5. The summed E-state index contributed by atoms with van der Waals surface area (Å²) in [4.78, 5) is 28.5. The zero-order valence-corrected chi connectivity index (χ0v) is 27.1. The molecule has 2 atom stereocenters. The molecule has 0 spiro atoms. The summed E-state index contributed by atoms with van der Waals surface area (Å²) in [5.74, 6) is 1.66. The van der Waals surface area contributed by atoms with Gasteiger partial charge in [-0.1, -0.05) is 61.0 Å². The Morgan fingerprint density at radius 2 is 1.36 bits per heavy atom. The molecule has 3 aromatic carbocycles. The maximum absolute atomic E-state index is 13.6. The normalized spacial score (nSPS) is 16.5. The molecule has 242 valence electrons. The van der Waals surface area contributed by atoms with Gasteiger partial charge in [0, 0.05) is 45.8 Å². The lowest BCUT2D eigenvalue weighted by molar-refractivity contribution is -0.137. The first-order valence-corrected chi connectivity index (χ1v) is 15.9. The Bertz CT molecular complexity index is 1280. The number of ketones is 1. The van der Waals surface area contributed by atoms with E-state index in [4.69, 9.17) is 18.9 Å². The van der Waals surface area contributed by atoms with Crippen LogP contribution in [0.5, 0.6) is 11.5 Å². The van der Waals surface area contributed by atoms with E-state index < -0.39 is 11.6 Å². The molecule has 1 saturated heterocycles. The van der Waals surface area contributed by atoms with Crippen LogP contribution in [-0.4, -0.2) is 76.8 Å². The number of amides is 1. The molecule has 0 bridgehead atoms. The number of rotatable bonds is 18. The molecule has 4 rings (SSSR count). The van der Waals surface area contributed by atoms with Crippen LogP contribution < -0.4 is 14.8 Å². The Kier molecular flexibility index (Phi) is 13.0. The van der Waals surface area contributed by atoms with Crippen molar-refractivity contribution in [2.24, 2.45) is 0 Å². The van der Waals surface area contributed by atoms with E-state index in [9.17, 15) is 9.59 Å². The van der Waals surface area contributed by atoms with Gasteiger partial charge in [0.05, 0.1) is 20.3 Å². The van der Waals surface area contributed by atoms with E-state index in [2.05, 4.69) is 17.4 Å². The Hall–Kier alpha value is -3.72. The smallest absolute Gasteiger partial charge is 0.223 e. The van der Waals surface area contributed by atoms with Crippen molar-refractivity contribution < 1.29 is 28.5 Å². The van der Waals surface area contributed by atoms with E-state index in [-0.39, 0.29) is 17.7 Å². The summed E-state index contributed by atoms with van der Waals surface area (Å²) >= 11 is 0. The molecule has 1 heterocycles. The number of methoxy groups -OCH3 is 3. The molecule has 1 aliphatic heterocycles. The lowest BCUT2D eigenvalue weighted by atomic mass is 9.80. The van der Waals surface area contributed by atoms with Crippen molar-refractivity contribution >= 4 is 11.7 Å². The van der Waals surface area contributed by atoms with Crippen LogP contribution in [0.4, 0.5) is 0 Å². The average molecular weight is 617 g/mol. The summed E-state index contributed by atoms with van der Waals surface area (Å²) in [5.41, 5.74) is 1.93. The fraction of sp³-hybridized carbons (Fsp3) is 0.459. The van der Waals surface area contributed by atoms with Crippen LogP contribution in [-0.2, 0) is 24.7 Å². The topological polar surface area (TPSA) is 86.3 Å². The number of carbonyl (C=O) groups is 2. The molecule has 2 unspecified atom stereocenters. The minimum atomic E-state index is -0.932. The van der Waals surface area contributed by atoms with E-state index in [1.165, 1.54) is 0 Å². The van der Waals surface area contributed by atoms with Crippen molar-refractivity contribution in [2.45, 2.75) is 62.6 Å². The second-order valence-corrected chi connectivity index (χ2v) is 11.5. The van der Waals surface area contributed by atoms with E-state index in [1.807, 2.05) is 73.8 Å². The van der Waals surface area contributed by atoms with Crippen molar-refractivity contribution in [3.8, 4) is 11.5 Å². The van der Waals surface area contributed by atoms with Crippen LogP contribution in [0.1, 0.15) is 61.6 Å². The van der Waals surface area contributed by atoms with Crippen molar-refractivity contribution in [3.63, 3.8) is 0 Å². The van der Waals surface area contributed by atoms with Gasteiger partial charge in [-0.25, -0.2) is 0 Å². The van der Waals surface area contributed by atoms with E-state index in [0.717, 1.165) is 47.5 Å². The highest BCUT2D eigenvalue weighted by molar-refractivity contribution is 5.89. The summed E-state index contributed by atoms with van der Waals surface area (Å²) in [6.07, 6.45) is 4.62. The van der Waals surface area contributed by atoms with Gasteiger partial charge in [-0.3, -0.25) is 9.59 Å². The van der Waals surface area contributed by atoms with Crippen LogP contribution in [0.25, 0.3) is 0 Å². The van der Waals surface area contributed by atoms with Gasteiger partial charge < -0.3 is 29.2 Å². The molecule has 0 aromatic heterocycles. The first kappa shape index (κ1) is 34.2. The monoisotopic (exact) mass is 616 g/mol. The van der Waals surface area contributed by atoms with Gasteiger partial charge in [-0.05, 0) is 73.7 Å². The summed E-state index contributed by atoms with van der Waals surface area (Å²) in [6.45, 7) is 1.60. The Morgan fingerprint density at radius 1 is 0.756 bits per heavy atom. The molecule has 0 radical (unpaired) electrons. The quantitative estimate of drug-likeness (QED) is 0.144. The summed E-state index contributed by atoms with van der Waals surface area (Å²) in [6, 6.07) is 25.7. The molecule has 1 amide bonds. The largest absolute Gasteiger partial charge is 0.497 e. The molecule has 8 nitrogen and oxygen atoms in total. The molecule has 45 heavy (non-hydrogen) atoms. The van der Waals surface area contributed by atoms with Crippen LogP contribution in [0, 0.1) is 0 Å². The number of ether oxygens (including phenoxy) is 4. The molecule has 1 fully saturated rings. The number of likely N-dealkylation sites (N-methyl/N-ethyl adjacent to an activating group) is 1. The van der Waals surface area contributed by atoms with Crippen molar-refractivity contribution in [1.82, 2.24) is 10.2 Å². The molecule has 1 aliphatic rings. The number of unbranched alkanes of at least 4 members (excludes halogenated alkanes) is 2. The summed E-state index contributed by atoms with van der Waals surface area (Å²) in [7, 11) is 6.88. The van der Waals surface area contributed by atoms with Crippen molar-refractivity contribution in [3.05, 3.63) is 95.6 Å². The number of nitrogens with one attached hydrogen (secondary N) is 1. The summed E-state index contributed by atoms with van der Waals surface area (Å²) < 4.78 is 22.9. The van der Waals surface area contributed by atoms with Gasteiger partial charge in [-0.2, -0.15) is 0 Å². The number of likely N-dealkylation sites (tertiary alicyclic amines) is 1. The number of hydrogen-bond donors (Lipinski definition) is 1. The highest BCUT2D eigenvalue weighted by atomic mass is 16.5. The van der Waals surface area contributed by atoms with E-state index >= 15 is 0 Å². The predicted molar refractivity (Wildman–Crippen MR) is 176 cm³/mol. The van der Waals surface area contributed by atoms with Gasteiger partial charge >= 0.3 is 0 Å².